The number of para-hydroxylation sites is 1. The van der Waals surface area contributed by atoms with Gasteiger partial charge in [-0.25, -0.2) is 13.4 Å². The SMILES string of the molecule is COCCCn1c(C)cnc1CC1CCN(S(=O)(=O)c2cccc3cccnc23)CC1. The fraction of sp³-hybridized carbons (Fsp3) is 0.478. The van der Waals surface area contributed by atoms with Crippen molar-refractivity contribution in [3.05, 3.63) is 54.2 Å². The molecule has 0 saturated carbocycles. The standard InChI is InChI=1S/C23H30N4O3S/c1-18-17-25-22(27(18)12-5-15-30-2)16-19-9-13-26(14-10-19)31(28,29)21-8-3-6-20-7-4-11-24-23(20)21/h3-4,6-8,11,17,19H,5,9-10,12-16H2,1-2H3. The third kappa shape index (κ3) is 4.66. The van der Waals surface area contributed by atoms with Gasteiger partial charge in [0.25, 0.3) is 0 Å². The molecular weight excluding hydrogens is 412 g/mol. The minimum Gasteiger partial charge on any atom is -0.385 e. The highest BCUT2D eigenvalue weighted by molar-refractivity contribution is 7.89. The third-order valence-corrected chi connectivity index (χ3v) is 8.06. The van der Waals surface area contributed by atoms with Crippen LogP contribution in [0.3, 0.4) is 0 Å². The molecule has 1 fully saturated rings. The molecule has 7 nitrogen and oxygen atoms in total. The number of imidazole rings is 1. The Morgan fingerprint density at radius 2 is 1.90 bits per heavy atom. The summed E-state index contributed by atoms with van der Waals surface area (Å²) in [5.41, 5.74) is 1.70. The molecule has 2 aromatic heterocycles. The molecule has 1 aromatic carbocycles. The molecule has 8 heteroatoms. The van der Waals surface area contributed by atoms with Crippen LogP contribution >= 0.6 is 0 Å². The van der Waals surface area contributed by atoms with Gasteiger partial charge in [-0.3, -0.25) is 4.98 Å². The van der Waals surface area contributed by atoms with Crippen LogP contribution in [0.2, 0.25) is 0 Å². The van der Waals surface area contributed by atoms with E-state index in [0.717, 1.165) is 55.7 Å². The quantitative estimate of drug-likeness (QED) is 0.500. The number of benzene rings is 1. The average Bonchev–Trinajstić information content (AvgIpc) is 3.13. The van der Waals surface area contributed by atoms with Crippen molar-refractivity contribution in [1.82, 2.24) is 18.8 Å². The number of rotatable bonds is 8. The van der Waals surface area contributed by atoms with Gasteiger partial charge in [0.15, 0.2) is 0 Å². The van der Waals surface area contributed by atoms with Crippen LogP contribution in [-0.2, 0) is 27.7 Å². The maximum atomic E-state index is 13.3. The summed E-state index contributed by atoms with van der Waals surface area (Å²) < 4.78 is 35.7. The average molecular weight is 443 g/mol. The van der Waals surface area contributed by atoms with E-state index in [-0.39, 0.29) is 0 Å². The van der Waals surface area contributed by atoms with Crippen molar-refractivity contribution in [1.29, 1.82) is 0 Å². The molecule has 0 unspecified atom stereocenters. The van der Waals surface area contributed by atoms with Crippen LogP contribution in [0.4, 0.5) is 0 Å². The number of aromatic nitrogens is 3. The molecule has 1 aliphatic heterocycles. The Kier molecular flexibility index (Phi) is 6.69. The van der Waals surface area contributed by atoms with E-state index < -0.39 is 10.0 Å². The van der Waals surface area contributed by atoms with Crippen molar-refractivity contribution in [2.24, 2.45) is 5.92 Å². The fourth-order valence-electron chi connectivity index (χ4n) is 4.38. The summed E-state index contributed by atoms with van der Waals surface area (Å²) in [6, 6.07) is 9.06. The van der Waals surface area contributed by atoms with Gasteiger partial charge in [0, 0.05) is 63.2 Å². The number of hydrogen-bond acceptors (Lipinski definition) is 5. The van der Waals surface area contributed by atoms with E-state index in [2.05, 4.69) is 21.5 Å². The van der Waals surface area contributed by atoms with Gasteiger partial charge >= 0.3 is 0 Å². The molecule has 0 atom stereocenters. The van der Waals surface area contributed by atoms with Gasteiger partial charge in [-0.2, -0.15) is 4.31 Å². The second-order valence-corrected chi connectivity index (χ2v) is 10.1. The van der Waals surface area contributed by atoms with Gasteiger partial charge in [0.2, 0.25) is 10.0 Å². The topological polar surface area (TPSA) is 77.3 Å². The Balaban J connectivity index is 1.43. The molecule has 31 heavy (non-hydrogen) atoms. The second-order valence-electron chi connectivity index (χ2n) is 8.20. The molecule has 3 aromatic rings. The molecule has 1 saturated heterocycles. The zero-order chi connectivity index (χ0) is 21.8. The van der Waals surface area contributed by atoms with Crippen molar-refractivity contribution in [2.45, 2.75) is 44.0 Å². The van der Waals surface area contributed by atoms with E-state index in [9.17, 15) is 8.42 Å². The van der Waals surface area contributed by atoms with Crippen molar-refractivity contribution in [3.63, 3.8) is 0 Å². The Labute approximate surface area is 184 Å². The highest BCUT2D eigenvalue weighted by Crippen LogP contribution is 2.29. The Bertz CT molecular complexity index is 1130. The summed E-state index contributed by atoms with van der Waals surface area (Å²) in [7, 11) is -1.85. The van der Waals surface area contributed by atoms with Crippen LogP contribution < -0.4 is 0 Å². The van der Waals surface area contributed by atoms with Crippen LogP contribution in [0.5, 0.6) is 0 Å². The first-order valence-corrected chi connectivity index (χ1v) is 12.3. The van der Waals surface area contributed by atoms with Crippen LogP contribution in [0.15, 0.2) is 47.6 Å². The number of fused-ring (bicyclic) bond motifs is 1. The number of sulfonamides is 1. The summed E-state index contributed by atoms with van der Waals surface area (Å²) in [4.78, 5) is 9.25. The van der Waals surface area contributed by atoms with Crippen molar-refractivity contribution < 1.29 is 13.2 Å². The van der Waals surface area contributed by atoms with E-state index >= 15 is 0 Å². The number of hydrogen-bond donors (Lipinski definition) is 0. The minimum atomic E-state index is -3.57. The Hall–Kier alpha value is -2.29. The van der Waals surface area contributed by atoms with E-state index in [1.807, 2.05) is 24.4 Å². The fourth-order valence-corrected chi connectivity index (χ4v) is 6.02. The third-order valence-electron chi connectivity index (χ3n) is 6.13. The van der Waals surface area contributed by atoms with E-state index in [0.29, 0.717) is 29.4 Å². The summed E-state index contributed by atoms with van der Waals surface area (Å²) in [6.07, 6.45) is 7.07. The minimum absolute atomic E-state index is 0.299. The lowest BCUT2D eigenvalue weighted by molar-refractivity contribution is 0.189. The van der Waals surface area contributed by atoms with Crippen LogP contribution in [0.1, 0.15) is 30.8 Å². The smallest absolute Gasteiger partial charge is 0.245 e. The van der Waals surface area contributed by atoms with Gasteiger partial charge in [-0.15, -0.1) is 0 Å². The highest BCUT2D eigenvalue weighted by atomic mass is 32.2. The van der Waals surface area contributed by atoms with Crippen LogP contribution in [0.25, 0.3) is 10.9 Å². The van der Waals surface area contributed by atoms with E-state index in [4.69, 9.17) is 4.74 Å². The molecule has 4 rings (SSSR count). The molecule has 0 aliphatic carbocycles. The molecule has 3 heterocycles. The number of ether oxygens (including phenoxy) is 1. The Morgan fingerprint density at radius 1 is 1.13 bits per heavy atom. The maximum Gasteiger partial charge on any atom is 0.245 e. The van der Waals surface area contributed by atoms with Gasteiger partial charge < -0.3 is 9.30 Å². The van der Waals surface area contributed by atoms with Crippen molar-refractivity contribution >= 4 is 20.9 Å². The molecule has 0 bridgehead atoms. The summed E-state index contributed by atoms with van der Waals surface area (Å²) in [5, 5.41) is 0.842. The normalized spacial score (nSPS) is 16.2. The summed E-state index contributed by atoms with van der Waals surface area (Å²) in [5.74, 6) is 1.52. The van der Waals surface area contributed by atoms with Gasteiger partial charge in [-0.05, 0) is 44.2 Å². The lowest BCUT2D eigenvalue weighted by Crippen LogP contribution is -2.39. The van der Waals surface area contributed by atoms with Crippen molar-refractivity contribution in [3.8, 4) is 0 Å². The maximum absolute atomic E-state index is 13.3. The Morgan fingerprint density at radius 3 is 2.68 bits per heavy atom. The van der Waals surface area contributed by atoms with Gasteiger partial charge in [0.05, 0.1) is 5.52 Å². The van der Waals surface area contributed by atoms with E-state index in [1.165, 1.54) is 0 Å². The number of aryl methyl sites for hydroxylation is 1. The van der Waals surface area contributed by atoms with Crippen LogP contribution in [-0.4, -0.2) is 54.1 Å². The monoisotopic (exact) mass is 442 g/mol. The zero-order valence-corrected chi connectivity index (χ0v) is 19.0. The first-order valence-electron chi connectivity index (χ1n) is 10.8. The predicted molar refractivity (Wildman–Crippen MR) is 120 cm³/mol. The summed E-state index contributed by atoms with van der Waals surface area (Å²) in [6.45, 7) is 4.77. The lowest BCUT2D eigenvalue weighted by Gasteiger charge is -2.31. The number of piperidine rings is 1. The van der Waals surface area contributed by atoms with Gasteiger partial charge in [-0.1, -0.05) is 18.2 Å². The van der Waals surface area contributed by atoms with Crippen molar-refractivity contribution in [2.75, 3.05) is 26.8 Å². The number of pyridine rings is 1. The predicted octanol–water partition coefficient (Wildman–Crippen LogP) is 3.42. The molecule has 166 valence electrons. The molecule has 0 spiro atoms. The lowest BCUT2D eigenvalue weighted by atomic mass is 9.94. The zero-order valence-electron chi connectivity index (χ0n) is 18.2. The first-order chi connectivity index (χ1) is 15.0. The largest absolute Gasteiger partial charge is 0.385 e. The van der Waals surface area contributed by atoms with E-state index in [1.54, 1.807) is 29.7 Å². The molecule has 0 amide bonds. The highest BCUT2D eigenvalue weighted by Gasteiger charge is 2.31. The molecular formula is C23H30N4O3S. The number of methoxy groups -OCH3 is 1. The van der Waals surface area contributed by atoms with Crippen LogP contribution in [0, 0.1) is 12.8 Å². The van der Waals surface area contributed by atoms with Gasteiger partial charge in [0.1, 0.15) is 10.7 Å². The molecule has 0 N–H and O–H groups in total. The second kappa shape index (κ2) is 9.46. The number of nitrogens with zero attached hydrogens (tertiary/aromatic N) is 4. The first kappa shape index (κ1) is 21.9. The summed E-state index contributed by atoms with van der Waals surface area (Å²) >= 11 is 0. The molecule has 1 aliphatic rings. The molecule has 0 radical (unpaired) electrons.